The molecule has 82 valence electrons. The van der Waals surface area contributed by atoms with Crippen molar-refractivity contribution in [2.75, 3.05) is 19.7 Å². The van der Waals surface area contributed by atoms with Gasteiger partial charge in [0, 0.05) is 12.6 Å². The molecule has 0 aromatic carbocycles. The van der Waals surface area contributed by atoms with Crippen LogP contribution < -0.4 is 5.69 Å². The zero-order chi connectivity index (χ0) is 10.3. The van der Waals surface area contributed by atoms with Crippen molar-refractivity contribution in [2.45, 2.75) is 25.0 Å². The summed E-state index contributed by atoms with van der Waals surface area (Å²) in [4.78, 5) is 16.0. The van der Waals surface area contributed by atoms with Gasteiger partial charge in [-0.05, 0) is 19.4 Å². The van der Waals surface area contributed by atoms with Crippen LogP contribution in [0.4, 0.5) is 0 Å². The quantitative estimate of drug-likeness (QED) is 0.663. The van der Waals surface area contributed by atoms with Gasteiger partial charge in [-0.3, -0.25) is 9.88 Å². The summed E-state index contributed by atoms with van der Waals surface area (Å²) in [6.45, 7) is 2.73. The third-order valence-corrected chi connectivity index (χ3v) is 3.21. The van der Waals surface area contributed by atoms with E-state index in [1.165, 1.54) is 12.8 Å². The van der Waals surface area contributed by atoms with Crippen LogP contribution in [0, 0.1) is 0 Å². The van der Waals surface area contributed by atoms with Gasteiger partial charge in [-0.1, -0.05) is 0 Å². The molecule has 6 nitrogen and oxygen atoms in total. The predicted molar refractivity (Wildman–Crippen MR) is 52.5 cm³/mol. The van der Waals surface area contributed by atoms with Crippen LogP contribution in [0.1, 0.15) is 24.8 Å². The summed E-state index contributed by atoms with van der Waals surface area (Å²) in [6.07, 6.45) is 2.39. The van der Waals surface area contributed by atoms with E-state index in [9.17, 15) is 4.79 Å². The van der Waals surface area contributed by atoms with Gasteiger partial charge in [0.05, 0.1) is 6.61 Å². The van der Waals surface area contributed by atoms with Gasteiger partial charge in [0.1, 0.15) is 6.10 Å². The van der Waals surface area contributed by atoms with Crippen molar-refractivity contribution < 1.29 is 4.74 Å². The van der Waals surface area contributed by atoms with E-state index in [1.807, 2.05) is 0 Å². The number of morpholine rings is 1. The summed E-state index contributed by atoms with van der Waals surface area (Å²) >= 11 is 0. The molecular formula is C9H14N4O2. The summed E-state index contributed by atoms with van der Waals surface area (Å²) in [5, 5.41) is 6.27. The van der Waals surface area contributed by atoms with E-state index < -0.39 is 0 Å². The smallest absolute Gasteiger partial charge is 0.340 e. The zero-order valence-electron chi connectivity index (χ0n) is 8.40. The van der Waals surface area contributed by atoms with E-state index in [-0.39, 0.29) is 11.8 Å². The van der Waals surface area contributed by atoms with Crippen LogP contribution in [0.2, 0.25) is 0 Å². The fourth-order valence-corrected chi connectivity index (χ4v) is 2.42. The van der Waals surface area contributed by atoms with Crippen LogP contribution in [0.3, 0.4) is 0 Å². The van der Waals surface area contributed by atoms with Gasteiger partial charge in [-0.25, -0.2) is 9.89 Å². The molecule has 0 aliphatic carbocycles. The fraction of sp³-hybridized carbons (Fsp3) is 0.778. The summed E-state index contributed by atoms with van der Waals surface area (Å²) < 4.78 is 5.70. The maximum absolute atomic E-state index is 10.9. The van der Waals surface area contributed by atoms with Crippen LogP contribution in [-0.2, 0) is 4.74 Å². The first kappa shape index (κ1) is 9.11. The van der Waals surface area contributed by atoms with Crippen molar-refractivity contribution in [1.82, 2.24) is 20.1 Å². The van der Waals surface area contributed by atoms with E-state index in [4.69, 9.17) is 4.74 Å². The molecular weight excluding hydrogens is 196 g/mol. The van der Waals surface area contributed by atoms with Gasteiger partial charge < -0.3 is 4.74 Å². The average Bonchev–Trinajstić information content (AvgIpc) is 2.84. The number of aromatic amines is 2. The molecule has 2 unspecified atom stereocenters. The molecule has 3 heterocycles. The number of rotatable bonds is 1. The first-order valence-corrected chi connectivity index (χ1v) is 5.33. The largest absolute Gasteiger partial charge is 0.367 e. The third-order valence-electron chi connectivity index (χ3n) is 3.21. The number of nitrogens with one attached hydrogen (secondary N) is 2. The van der Waals surface area contributed by atoms with Crippen LogP contribution in [0.15, 0.2) is 4.79 Å². The molecule has 0 spiro atoms. The van der Waals surface area contributed by atoms with Gasteiger partial charge in [0.15, 0.2) is 5.82 Å². The lowest BCUT2D eigenvalue weighted by Crippen LogP contribution is -2.42. The lowest BCUT2D eigenvalue weighted by molar-refractivity contribution is -0.0540. The molecule has 2 fully saturated rings. The van der Waals surface area contributed by atoms with Gasteiger partial charge in [0.2, 0.25) is 0 Å². The highest BCUT2D eigenvalue weighted by Crippen LogP contribution is 2.27. The SMILES string of the molecule is O=c1[nH]nc(C2CN3CCCC3CO2)[nH]1. The lowest BCUT2D eigenvalue weighted by atomic mass is 10.2. The highest BCUT2D eigenvalue weighted by atomic mass is 16.5. The number of aromatic nitrogens is 3. The Bertz CT molecular complexity index is 399. The molecule has 3 rings (SSSR count). The summed E-state index contributed by atoms with van der Waals surface area (Å²) in [6, 6.07) is 0.576. The second-order valence-corrected chi connectivity index (χ2v) is 4.18. The number of ether oxygens (including phenoxy) is 1. The molecule has 0 bridgehead atoms. The minimum Gasteiger partial charge on any atom is -0.367 e. The number of hydrogen-bond donors (Lipinski definition) is 2. The maximum atomic E-state index is 10.9. The zero-order valence-corrected chi connectivity index (χ0v) is 8.40. The van der Waals surface area contributed by atoms with E-state index in [2.05, 4.69) is 20.1 Å². The predicted octanol–water partition coefficient (Wildman–Crippen LogP) is -0.366. The van der Waals surface area contributed by atoms with Crippen molar-refractivity contribution in [3.63, 3.8) is 0 Å². The Balaban J connectivity index is 1.76. The summed E-state index contributed by atoms with van der Waals surface area (Å²) in [5.41, 5.74) is -0.267. The van der Waals surface area contributed by atoms with E-state index >= 15 is 0 Å². The molecule has 0 radical (unpaired) electrons. The highest BCUT2D eigenvalue weighted by Gasteiger charge is 2.33. The Hall–Kier alpha value is -1.14. The fourth-order valence-electron chi connectivity index (χ4n) is 2.42. The van der Waals surface area contributed by atoms with Gasteiger partial charge >= 0.3 is 5.69 Å². The first-order valence-electron chi connectivity index (χ1n) is 5.33. The second kappa shape index (κ2) is 3.46. The normalized spacial score (nSPS) is 31.7. The third kappa shape index (κ3) is 1.59. The molecule has 2 aliphatic rings. The van der Waals surface area contributed by atoms with Gasteiger partial charge in [-0.15, -0.1) is 0 Å². The molecule has 2 aliphatic heterocycles. The summed E-state index contributed by atoms with van der Waals surface area (Å²) in [7, 11) is 0. The Morgan fingerprint density at radius 2 is 2.47 bits per heavy atom. The van der Waals surface area contributed by atoms with Gasteiger partial charge in [-0.2, -0.15) is 5.10 Å². The lowest BCUT2D eigenvalue weighted by Gasteiger charge is -2.33. The van der Waals surface area contributed by atoms with Crippen LogP contribution >= 0.6 is 0 Å². The topological polar surface area (TPSA) is 74.0 Å². The van der Waals surface area contributed by atoms with Crippen molar-refractivity contribution in [2.24, 2.45) is 0 Å². The molecule has 2 atom stereocenters. The van der Waals surface area contributed by atoms with Crippen molar-refractivity contribution in [3.8, 4) is 0 Å². The average molecular weight is 210 g/mol. The number of nitrogens with zero attached hydrogens (tertiary/aromatic N) is 2. The molecule has 1 aromatic heterocycles. The van der Waals surface area contributed by atoms with E-state index in [1.54, 1.807) is 0 Å². The molecule has 0 saturated carbocycles. The Morgan fingerprint density at radius 3 is 3.27 bits per heavy atom. The van der Waals surface area contributed by atoms with Crippen molar-refractivity contribution >= 4 is 0 Å². The molecule has 2 saturated heterocycles. The standard InChI is InChI=1S/C9H14N4O2/c14-9-10-8(11-12-9)7-4-13-3-1-2-6(13)5-15-7/h6-7H,1-5H2,(H2,10,11,12,14). The van der Waals surface area contributed by atoms with E-state index in [0.717, 1.165) is 19.7 Å². The minimum atomic E-state index is -0.267. The molecule has 0 amide bonds. The Labute approximate surface area is 86.6 Å². The number of fused-ring (bicyclic) bond motifs is 1. The number of H-pyrrole nitrogens is 2. The van der Waals surface area contributed by atoms with Crippen LogP contribution in [0.5, 0.6) is 0 Å². The first-order chi connectivity index (χ1) is 7.33. The molecule has 15 heavy (non-hydrogen) atoms. The van der Waals surface area contributed by atoms with Crippen LogP contribution in [0.25, 0.3) is 0 Å². The Kier molecular flexibility index (Phi) is 2.10. The molecule has 6 heteroatoms. The van der Waals surface area contributed by atoms with E-state index in [0.29, 0.717) is 11.9 Å². The maximum Gasteiger partial charge on any atom is 0.340 e. The second-order valence-electron chi connectivity index (χ2n) is 4.18. The van der Waals surface area contributed by atoms with Crippen molar-refractivity contribution in [3.05, 3.63) is 16.3 Å². The Morgan fingerprint density at radius 1 is 1.53 bits per heavy atom. The summed E-state index contributed by atoms with van der Waals surface area (Å²) in [5.74, 6) is 0.616. The monoisotopic (exact) mass is 210 g/mol. The van der Waals surface area contributed by atoms with Gasteiger partial charge in [0.25, 0.3) is 0 Å². The van der Waals surface area contributed by atoms with Crippen molar-refractivity contribution in [1.29, 1.82) is 0 Å². The molecule has 2 N–H and O–H groups in total. The number of hydrogen-bond acceptors (Lipinski definition) is 4. The highest BCUT2D eigenvalue weighted by molar-refractivity contribution is 4.95. The minimum absolute atomic E-state index is 0.0849. The molecule has 1 aromatic rings. The van der Waals surface area contributed by atoms with Crippen LogP contribution in [-0.4, -0.2) is 45.8 Å².